The lowest BCUT2D eigenvalue weighted by Crippen LogP contribution is -2.40. The summed E-state index contributed by atoms with van der Waals surface area (Å²) < 4.78 is 16.5. The zero-order chi connectivity index (χ0) is 13.3. The van der Waals surface area contributed by atoms with Crippen LogP contribution in [-0.2, 0) is 15.9 Å². The Bertz CT molecular complexity index is 489. The highest BCUT2D eigenvalue weighted by molar-refractivity contribution is 5.90. The first kappa shape index (κ1) is 12.5. The largest absolute Gasteiger partial charge is 0.486 e. The molecule has 1 aromatic rings. The van der Waals surface area contributed by atoms with Crippen LogP contribution in [0.4, 0.5) is 0 Å². The first-order chi connectivity index (χ1) is 9.22. The monoisotopic (exact) mass is 262 g/mol. The van der Waals surface area contributed by atoms with Gasteiger partial charge in [-0.3, -0.25) is 0 Å². The second-order valence-electron chi connectivity index (χ2n) is 5.12. The van der Waals surface area contributed by atoms with Crippen molar-refractivity contribution in [1.29, 1.82) is 0 Å². The van der Waals surface area contributed by atoms with E-state index in [-0.39, 0.29) is 11.6 Å². The molecule has 0 bridgehead atoms. The molecule has 0 atom stereocenters. The Morgan fingerprint density at radius 1 is 1.37 bits per heavy atom. The van der Waals surface area contributed by atoms with Crippen molar-refractivity contribution in [2.45, 2.75) is 31.8 Å². The molecule has 0 amide bonds. The van der Waals surface area contributed by atoms with Crippen LogP contribution in [0.3, 0.4) is 0 Å². The summed E-state index contributed by atoms with van der Waals surface area (Å²) >= 11 is 0. The van der Waals surface area contributed by atoms with Crippen molar-refractivity contribution in [1.82, 2.24) is 0 Å². The highest BCUT2D eigenvalue weighted by Gasteiger charge is 2.40. The van der Waals surface area contributed by atoms with Crippen LogP contribution in [0.15, 0.2) is 18.2 Å². The van der Waals surface area contributed by atoms with E-state index in [0.29, 0.717) is 12.2 Å². The predicted molar refractivity (Wildman–Crippen MR) is 69.5 cm³/mol. The third-order valence-corrected chi connectivity index (χ3v) is 3.81. The summed E-state index contributed by atoms with van der Waals surface area (Å²) in [5.41, 5.74) is 1.59. The molecule has 4 nitrogen and oxygen atoms in total. The van der Waals surface area contributed by atoms with Crippen LogP contribution in [0.25, 0.3) is 0 Å². The molecule has 0 aliphatic carbocycles. The molecule has 0 radical (unpaired) electrons. The summed E-state index contributed by atoms with van der Waals surface area (Å²) in [6.45, 7) is 3.70. The third-order valence-electron chi connectivity index (χ3n) is 3.81. The Morgan fingerprint density at radius 2 is 2.16 bits per heavy atom. The Balaban J connectivity index is 1.81. The number of fused-ring (bicyclic) bond motifs is 1. The fraction of sp³-hybridized carbons (Fsp3) is 0.533. The van der Waals surface area contributed by atoms with E-state index >= 15 is 0 Å². The topological polar surface area (TPSA) is 44.8 Å². The molecule has 0 unspecified atom stereocenters. The maximum absolute atomic E-state index is 11.7. The molecule has 0 saturated carbocycles. The normalized spacial score (nSPS) is 19.8. The number of hydrogen-bond donors (Lipinski definition) is 0. The van der Waals surface area contributed by atoms with Crippen molar-refractivity contribution in [3.05, 3.63) is 29.3 Å². The molecule has 1 aromatic carbocycles. The standard InChI is InChI=1S/C15H18O4/c1-2-18-14(16)11-3-4-13-12(9-11)10-15(19-13)5-7-17-8-6-15/h3-4,9H,2,5-8,10H2,1H3. The van der Waals surface area contributed by atoms with Crippen LogP contribution in [-0.4, -0.2) is 31.4 Å². The maximum Gasteiger partial charge on any atom is 0.338 e. The van der Waals surface area contributed by atoms with Crippen molar-refractivity contribution in [2.24, 2.45) is 0 Å². The second kappa shape index (κ2) is 4.85. The molecule has 1 saturated heterocycles. The molecule has 0 N–H and O–H groups in total. The molecule has 2 heterocycles. The van der Waals surface area contributed by atoms with Gasteiger partial charge in [-0.05, 0) is 30.7 Å². The zero-order valence-corrected chi connectivity index (χ0v) is 11.1. The number of carbonyl (C=O) groups is 1. The number of rotatable bonds is 2. The van der Waals surface area contributed by atoms with Crippen LogP contribution in [0.2, 0.25) is 0 Å². The first-order valence-corrected chi connectivity index (χ1v) is 6.79. The van der Waals surface area contributed by atoms with Gasteiger partial charge in [0.2, 0.25) is 0 Å². The minimum absolute atomic E-state index is 0.117. The number of benzene rings is 1. The summed E-state index contributed by atoms with van der Waals surface area (Å²) in [6, 6.07) is 5.55. The van der Waals surface area contributed by atoms with Crippen molar-refractivity contribution in [3.8, 4) is 5.75 Å². The number of ether oxygens (including phenoxy) is 3. The average Bonchev–Trinajstić information content (AvgIpc) is 2.76. The van der Waals surface area contributed by atoms with Gasteiger partial charge in [-0.25, -0.2) is 4.79 Å². The molecule has 1 spiro atoms. The van der Waals surface area contributed by atoms with Crippen LogP contribution < -0.4 is 4.74 Å². The Labute approximate surface area is 112 Å². The second-order valence-corrected chi connectivity index (χ2v) is 5.12. The van der Waals surface area contributed by atoms with Gasteiger partial charge in [0.15, 0.2) is 0 Å². The number of esters is 1. The minimum atomic E-state index is -0.266. The number of carbonyl (C=O) groups excluding carboxylic acids is 1. The highest BCUT2D eigenvalue weighted by atomic mass is 16.5. The van der Waals surface area contributed by atoms with Crippen LogP contribution in [0, 0.1) is 0 Å². The molecule has 3 rings (SSSR count). The van der Waals surface area contributed by atoms with E-state index in [4.69, 9.17) is 14.2 Å². The van der Waals surface area contributed by atoms with Gasteiger partial charge < -0.3 is 14.2 Å². The van der Waals surface area contributed by atoms with Crippen molar-refractivity contribution in [2.75, 3.05) is 19.8 Å². The van der Waals surface area contributed by atoms with Crippen LogP contribution >= 0.6 is 0 Å². The lowest BCUT2D eigenvalue weighted by Gasteiger charge is -2.32. The molecule has 0 aromatic heterocycles. The van der Waals surface area contributed by atoms with Gasteiger partial charge in [-0.2, -0.15) is 0 Å². The summed E-state index contributed by atoms with van der Waals surface area (Å²) in [5, 5.41) is 0. The van der Waals surface area contributed by atoms with Gasteiger partial charge in [0.05, 0.1) is 25.4 Å². The first-order valence-electron chi connectivity index (χ1n) is 6.79. The van der Waals surface area contributed by atoms with E-state index in [2.05, 4.69) is 0 Å². The average molecular weight is 262 g/mol. The van der Waals surface area contributed by atoms with Gasteiger partial charge in [-0.1, -0.05) is 0 Å². The molecular formula is C15H18O4. The molecule has 2 aliphatic heterocycles. The van der Waals surface area contributed by atoms with Crippen LogP contribution in [0.5, 0.6) is 5.75 Å². The fourth-order valence-electron chi connectivity index (χ4n) is 2.80. The smallest absolute Gasteiger partial charge is 0.338 e. The zero-order valence-electron chi connectivity index (χ0n) is 11.1. The Hall–Kier alpha value is -1.55. The van der Waals surface area contributed by atoms with E-state index in [0.717, 1.165) is 43.8 Å². The van der Waals surface area contributed by atoms with E-state index < -0.39 is 0 Å². The highest BCUT2D eigenvalue weighted by Crippen LogP contribution is 2.40. The van der Waals surface area contributed by atoms with E-state index in [9.17, 15) is 4.79 Å². The summed E-state index contributed by atoms with van der Waals surface area (Å²) in [5.74, 6) is 0.633. The van der Waals surface area contributed by atoms with Crippen LogP contribution in [0.1, 0.15) is 35.7 Å². The van der Waals surface area contributed by atoms with Gasteiger partial charge in [-0.15, -0.1) is 0 Å². The minimum Gasteiger partial charge on any atom is -0.486 e. The van der Waals surface area contributed by atoms with Crippen molar-refractivity contribution in [3.63, 3.8) is 0 Å². The number of hydrogen-bond acceptors (Lipinski definition) is 4. The molecule has 4 heteroatoms. The lowest BCUT2D eigenvalue weighted by molar-refractivity contribution is -0.0330. The molecule has 102 valence electrons. The van der Waals surface area contributed by atoms with Gasteiger partial charge in [0, 0.05) is 19.3 Å². The van der Waals surface area contributed by atoms with Crippen molar-refractivity contribution < 1.29 is 19.0 Å². The summed E-state index contributed by atoms with van der Waals surface area (Å²) in [6.07, 6.45) is 2.69. The van der Waals surface area contributed by atoms with Gasteiger partial charge in [0.1, 0.15) is 11.4 Å². The van der Waals surface area contributed by atoms with Crippen molar-refractivity contribution >= 4 is 5.97 Å². The fourth-order valence-corrected chi connectivity index (χ4v) is 2.80. The van der Waals surface area contributed by atoms with E-state index in [1.807, 2.05) is 19.1 Å². The Kier molecular flexibility index (Phi) is 3.19. The SMILES string of the molecule is CCOC(=O)c1ccc2c(c1)CC1(CCOCC1)O2. The lowest BCUT2D eigenvalue weighted by atomic mass is 9.89. The molecule has 2 aliphatic rings. The molecule has 19 heavy (non-hydrogen) atoms. The molecular weight excluding hydrogens is 244 g/mol. The van der Waals surface area contributed by atoms with Gasteiger partial charge >= 0.3 is 5.97 Å². The summed E-state index contributed by atoms with van der Waals surface area (Å²) in [4.78, 5) is 11.7. The van der Waals surface area contributed by atoms with Gasteiger partial charge in [0.25, 0.3) is 0 Å². The van der Waals surface area contributed by atoms with E-state index in [1.54, 1.807) is 6.07 Å². The quantitative estimate of drug-likeness (QED) is 0.767. The summed E-state index contributed by atoms with van der Waals surface area (Å²) in [7, 11) is 0. The van der Waals surface area contributed by atoms with E-state index in [1.165, 1.54) is 0 Å². The molecule has 1 fully saturated rings. The third kappa shape index (κ3) is 2.32. The Morgan fingerprint density at radius 3 is 2.89 bits per heavy atom. The predicted octanol–water partition coefficient (Wildman–Crippen LogP) is 2.35. The maximum atomic E-state index is 11.7.